The SMILES string of the molecule is CC(C)(C)C.CC(C)(C)C.O=C(O)c1ccc(C(=O)O)cc1. The number of hydrogen-bond donors (Lipinski definition) is 2. The first-order valence-corrected chi connectivity index (χ1v) is 7.18. The molecule has 0 aliphatic heterocycles. The van der Waals surface area contributed by atoms with Crippen LogP contribution < -0.4 is 0 Å². The first kappa shape index (κ1) is 22.4. The van der Waals surface area contributed by atoms with Crippen molar-refractivity contribution < 1.29 is 19.8 Å². The van der Waals surface area contributed by atoms with Crippen LogP contribution in [0.5, 0.6) is 0 Å². The average Bonchev–Trinajstić information content (AvgIpc) is 2.24. The lowest BCUT2D eigenvalue weighted by Gasteiger charge is -2.05. The van der Waals surface area contributed by atoms with Crippen LogP contribution in [0, 0.1) is 10.8 Å². The molecule has 0 atom stereocenters. The summed E-state index contributed by atoms with van der Waals surface area (Å²) in [5.74, 6) is -2.13. The van der Waals surface area contributed by atoms with Crippen LogP contribution in [0.1, 0.15) is 76.1 Å². The molecule has 0 aliphatic rings. The Balaban J connectivity index is 0. The molecule has 0 heterocycles. The lowest BCUT2D eigenvalue weighted by molar-refractivity contribution is 0.0681. The van der Waals surface area contributed by atoms with Gasteiger partial charge in [-0.2, -0.15) is 0 Å². The Bertz CT molecular complexity index is 402. The lowest BCUT2D eigenvalue weighted by atomic mass is 10.0. The van der Waals surface area contributed by atoms with Crippen molar-refractivity contribution in [1.29, 1.82) is 0 Å². The molecule has 0 amide bonds. The smallest absolute Gasteiger partial charge is 0.335 e. The summed E-state index contributed by atoms with van der Waals surface area (Å²) in [5, 5.41) is 16.9. The molecule has 0 saturated heterocycles. The zero-order valence-electron chi connectivity index (χ0n) is 15.0. The summed E-state index contributed by atoms with van der Waals surface area (Å²) in [7, 11) is 0. The summed E-state index contributed by atoms with van der Waals surface area (Å²) in [4.78, 5) is 20.7. The zero-order valence-corrected chi connectivity index (χ0v) is 15.0. The fraction of sp³-hybridized carbons (Fsp3) is 0.556. The van der Waals surface area contributed by atoms with E-state index < -0.39 is 11.9 Å². The van der Waals surface area contributed by atoms with Gasteiger partial charge in [-0.3, -0.25) is 0 Å². The Morgan fingerprint density at radius 1 is 0.636 bits per heavy atom. The van der Waals surface area contributed by atoms with E-state index in [1.54, 1.807) is 0 Å². The molecule has 0 unspecified atom stereocenters. The van der Waals surface area contributed by atoms with Crippen LogP contribution in [-0.4, -0.2) is 22.2 Å². The van der Waals surface area contributed by atoms with Gasteiger partial charge in [-0.1, -0.05) is 55.4 Å². The molecule has 0 fully saturated rings. The Morgan fingerprint density at radius 2 is 0.773 bits per heavy atom. The van der Waals surface area contributed by atoms with Gasteiger partial charge in [0.2, 0.25) is 0 Å². The number of hydrogen-bond acceptors (Lipinski definition) is 2. The number of aromatic carboxylic acids is 2. The van der Waals surface area contributed by atoms with Crippen LogP contribution in [0.4, 0.5) is 0 Å². The highest BCUT2D eigenvalue weighted by molar-refractivity contribution is 5.91. The van der Waals surface area contributed by atoms with Crippen molar-refractivity contribution >= 4 is 11.9 Å². The van der Waals surface area contributed by atoms with Gasteiger partial charge in [-0.15, -0.1) is 0 Å². The second kappa shape index (κ2) is 9.23. The molecule has 0 saturated carbocycles. The van der Waals surface area contributed by atoms with E-state index in [1.807, 2.05) is 0 Å². The van der Waals surface area contributed by atoms with Crippen LogP contribution >= 0.6 is 0 Å². The quantitative estimate of drug-likeness (QED) is 0.788. The van der Waals surface area contributed by atoms with Crippen molar-refractivity contribution in [3.63, 3.8) is 0 Å². The minimum Gasteiger partial charge on any atom is -0.478 e. The minimum atomic E-state index is -1.06. The molecule has 0 spiro atoms. The summed E-state index contributed by atoms with van der Waals surface area (Å²) in [6.07, 6.45) is 0. The number of carboxylic acid groups (broad SMARTS) is 2. The molecular formula is C18H30O4. The molecule has 1 aromatic carbocycles. The van der Waals surface area contributed by atoms with Crippen molar-refractivity contribution in [3.8, 4) is 0 Å². The average molecular weight is 310 g/mol. The van der Waals surface area contributed by atoms with Gasteiger partial charge in [0.1, 0.15) is 0 Å². The molecule has 126 valence electrons. The van der Waals surface area contributed by atoms with Gasteiger partial charge >= 0.3 is 11.9 Å². The Hall–Kier alpha value is -1.84. The van der Waals surface area contributed by atoms with Gasteiger partial charge in [0.25, 0.3) is 0 Å². The van der Waals surface area contributed by atoms with E-state index in [2.05, 4.69) is 55.4 Å². The van der Waals surface area contributed by atoms with Gasteiger partial charge in [0.05, 0.1) is 11.1 Å². The molecule has 22 heavy (non-hydrogen) atoms. The van der Waals surface area contributed by atoms with E-state index in [0.717, 1.165) is 0 Å². The van der Waals surface area contributed by atoms with Crippen LogP contribution in [0.15, 0.2) is 24.3 Å². The highest BCUT2D eigenvalue weighted by Gasteiger charge is 2.04. The topological polar surface area (TPSA) is 74.6 Å². The molecule has 0 aliphatic carbocycles. The van der Waals surface area contributed by atoms with Crippen molar-refractivity contribution in [2.24, 2.45) is 10.8 Å². The molecular weight excluding hydrogens is 280 g/mol. The fourth-order valence-corrected chi connectivity index (χ4v) is 0.755. The Morgan fingerprint density at radius 3 is 0.864 bits per heavy atom. The molecule has 0 aromatic heterocycles. The second-order valence-electron chi connectivity index (χ2n) is 8.19. The van der Waals surface area contributed by atoms with Crippen molar-refractivity contribution in [3.05, 3.63) is 35.4 Å². The molecule has 2 N–H and O–H groups in total. The minimum absolute atomic E-state index is 0.0833. The molecule has 4 heteroatoms. The van der Waals surface area contributed by atoms with E-state index in [1.165, 1.54) is 24.3 Å². The van der Waals surface area contributed by atoms with Crippen LogP contribution in [0.3, 0.4) is 0 Å². The number of carboxylic acids is 2. The maximum atomic E-state index is 10.3. The Labute approximate surface area is 134 Å². The first-order valence-electron chi connectivity index (χ1n) is 7.18. The largest absolute Gasteiger partial charge is 0.478 e. The van der Waals surface area contributed by atoms with Crippen LogP contribution in [0.2, 0.25) is 0 Å². The Kier molecular flexibility index (Phi) is 9.42. The summed E-state index contributed by atoms with van der Waals surface area (Å²) >= 11 is 0. The van der Waals surface area contributed by atoms with E-state index >= 15 is 0 Å². The molecule has 0 bridgehead atoms. The van der Waals surface area contributed by atoms with E-state index in [9.17, 15) is 9.59 Å². The second-order valence-corrected chi connectivity index (χ2v) is 8.19. The standard InChI is InChI=1S/C8H6O4.2C5H12/c9-7(10)5-1-2-6(4-3-5)8(11)12;2*1-5(2,3)4/h1-4H,(H,9,10)(H,11,12);2*1-4H3. The maximum Gasteiger partial charge on any atom is 0.335 e. The highest BCUT2D eigenvalue weighted by Crippen LogP contribution is 2.08. The number of benzene rings is 1. The summed E-state index contributed by atoms with van der Waals surface area (Å²) in [6.45, 7) is 17.5. The molecule has 1 aromatic rings. The fourth-order valence-electron chi connectivity index (χ4n) is 0.755. The zero-order chi connectivity index (χ0) is 18.1. The van der Waals surface area contributed by atoms with Gasteiger partial charge < -0.3 is 10.2 Å². The molecule has 4 nitrogen and oxygen atoms in total. The van der Waals surface area contributed by atoms with Crippen molar-refractivity contribution in [2.75, 3.05) is 0 Å². The van der Waals surface area contributed by atoms with E-state index in [0.29, 0.717) is 10.8 Å². The van der Waals surface area contributed by atoms with Gasteiger partial charge in [0, 0.05) is 0 Å². The maximum absolute atomic E-state index is 10.3. The van der Waals surface area contributed by atoms with Gasteiger partial charge in [-0.25, -0.2) is 9.59 Å². The number of carbonyl (C=O) groups is 2. The van der Waals surface area contributed by atoms with Crippen LogP contribution in [-0.2, 0) is 0 Å². The van der Waals surface area contributed by atoms with Gasteiger partial charge in [0.15, 0.2) is 0 Å². The third kappa shape index (κ3) is 20.5. The normalized spacial score (nSPS) is 10.5. The highest BCUT2D eigenvalue weighted by atomic mass is 16.4. The molecule has 1 rings (SSSR count). The van der Waals surface area contributed by atoms with Crippen molar-refractivity contribution in [1.82, 2.24) is 0 Å². The molecule has 0 radical (unpaired) electrons. The lowest BCUT2D eigenvalue weighted by Crippen LogP contribution is -1.99. The summed E-state index contributed by atoms with van der Waals surface area (Å²) in [6, 6.07) is 5.02. The van der Waals surface area contributed by atoms with Crippen LogP contribution in [0.25, 0.3) is 0 Å². The third-order valence-corrected chi connectivity index (χ3v) is 1.38. The monoisotopic (exact) mass is 310 g/mol. The van der Waals surface area contributed by atoms with Crippen molar-refractivity contribution in [2.45, 2.75) is 55.4 Å². The van der Waals surface area contributed by atoms with Gasteiger partial charge in [-0.05, 0) is 35.1 Å². The predicted molar refractivity (Wildman–Crippen MR) is 90.6 cm³/mol. The predicted octanol–water partition coefficient (Wildman–Crippen LogP) is 5.19. The van der Waals surface area contributed by atoms with E-state index in [4.69, 9.17) is 10.2 Å². The number of rotatable bonds is 2. The van der Waals surface area contributed by atoms with E-state index in [-0.39, 0.29) is 11.1 Å². The summed E-state index contributed by atoms with van der Waals surface area (Å²) in [5.41, 5.74) is 1.17. The third-order valence-electron chi connectivity index (χ3n) is 1.38. The first-order chi connectivity index (χ1) is 9.61. The summed E-state index contributed by atoms with van der Waals surface area (Å²) < 4.78 is 0.